The summed E-state index contributed by atoms with van der Waals surface area (Å²) in [5, 5.41) is 7.58. The average molecular weight is 480 g/mol. The molecule has 0 aliphatic heterocycles. The van der Waals surface area contributed by atoms with Crippen molar-refractivity contribution in [1.29, 1.82) is 0 Å². The van der Waals surface area contributed by atoms with Crippen molar-refractivity contribution in [1.82, 2.24) is 15.1 Å². The van der Waals surface area contributed by atoms with Crippen LogP contribution in [0.15, 0.2) is 83.2 Å². The topological polar surface area (TPSA) is 56.1 Å². The van der Waals surface area contributed by atoms with Crippen LogP contribution in [0.3, 0.4) is 0 Å². The Kier molecular flexibility index (Phi) is 7.36. The second kappa shape index (κ2) is 10.6. The first kappa shape index (κ1) is 22.3. The normalized spacial score (nSPS) is 10.7. The molecule has 0 aliphatic carbocycles. The summed E-state index contributed by atoms with van der Waals surface area (Å²) in [5.74, 6) is 1.50. The number of carbonyl (C=O) groups is 1. The van der Waals surface area contributed by atoms with Gasteiger partial charge in [0.25, 0.3) is 5.91 Å². The Bertz CT molecular complexity index is 1230. The fraction of sp³-hybridized carbons (Fsp3) is 0.125. The van der Waals surface area contributed by atoms with Gasteiger partial charge in [0.2, 0.25) is 0 Å². The van der Waals surface area contributed by atoms with Crippen LogP contribution >= 0.6 is 35.3 Å². The first-order chi connectivity index (χ1) is 15.6. The van der Waals surface area contributed by atoms with E-state index in [1.807, 2.05) is 54.6 Å². The zero-order chi connectivity index (χ0) is 22.3. The van der Waals surface area contributed by atoms with E-state index in [9.17, 15) is 4.79 Å². The Balaban J connectivity index is 1.38. The Labute approximate surface area is 200 Å². The van der Waals surface area contributed by atoms with E-state index in [1.54, 1.807) is 35.7 Å². The third-order valence-corrected chi connectivity index (χ3v) is 7.16. The van der Waals surface area contributed by atoms with Gasteiger partial charge in [-0.2, -0.15) is 0 Å². The molecule has 3 aromatic carbocycles. The molecule has 0 aliphatic rings. The van der Waals surface area contributed by atoms with Crippen molar-refractivity contribution in [3.63, 3.8) is 0 Å². The predicted molar refractivity (Wildman–Crippen MR) is 132 cm³/mol. The number of nitrogens with zero attached hydrogens (tertiary/aromatic N) is 2. The first-order valence-electron chi connectivity index (χ1n) is 9.91. The number of rotatable bonds is 8. The number of benzene rings is 3. The number of thioether (sulfide) groups is 1. The Morgan fingerprint density at radius 3 is 2.44 bits per heavy atom. The molecule has 32 heavy (non-hydrogen) atoms. The molecule has 0 fully saturated rings. The Morgan fingerprint density at radius 1 is 1.03 bits per heavy atom. The number of hydrogen-bond acceptors (Lipinski definition) is 6. The SMILES string of the molecule is COc1ccc(CNC(=O)c2ccc(-n3nc(SCc4ccccc4)sc3=S)cc2)cc1. The van der Waals surface area contributed by atoms with Gasteiger partial charge in [0, 0.05) is 17.9 Å². The van der Waals surface area contributed by atoms with E-state index in [4.69, 9.17) is 17.0 Å². The highest BCUT2D eigenvalue weighted by atomic mass is 32.2. The molecule has 162 valence electrons. The summed E-state index contributed by atoms with van der Waals surface area (Å²) in [6.07, 6.45) is 0. The second-order valence-electron chi connectivity index (χ2n) is 6.90. The monoisotopic (exact) mass is 479 g/mol. The van der Waals surface area contributed by atoms with Crippen LogP contribution in [-0.4, -0.2) is 22.8 Å². The molecule has 4 aromatic rings. The van der Waals surface area contributed by atoms with Gasteiger partial charge in [-0.05, 0) is 59.7 Å². The minimum absolute atomic E-state index is 0.131. The molecule has 0 atom stereocenters. The maximum absolute atomic E-state index is 12.5. The van der Waals surface area contributed by atoms with Crippen LogP contribution in [-0.2, 0) is 12.3 Å². The zero-order valence-corrected chi connectivity index (χ0v) is 19.8. The van der Waals surface area contributed by atoms with Gasteiger partial charge in [0.05, 0.1) is 12.8 Å². The maximum atomic E-state index is 12.5. The Morgan fingerprint density at radius 2 is 1.75 bits per heavy atom. The molecule has 0 bridgehead atoms. The number of methoxy groups -OCH3 is 1. The van der Waals surface area contributed by atoms with Gasteiger partial charge >= 0.3 is 0 Å². The lowest BCUT2D eigenvalue weighted by Crippen LogP contribution is -2.22. The molecule has 0 spiro atoms. The molecule has 1 heterocycles. The third kappa shape index (κ3) is 5.64. The number of carbonyl (C=O) groups excluding carboxylic acids is 1. The molecule has 1 amide bonds. The van der Waals surface area contributed by atoms with Crippen LogP contribution in [0.1, 0.15) is 21.5 Å². The highest BCUT2D eigenvalue weighted by Crippen LogP contribution is 2.27. The van der Waals surface area contributed by atoms with Gasteiger partial charge in [0.1, 0.15) is 5.75 Å². The summed E-state index contributed by atoms with van der Waals surface area (Å²) in [7, 11) is 1.63. The molecular formula is C24H21N3O2S3. The van der Waals surface area contributed by atoms with Crippen molar-refractivity contribution in [3.05, 3.63) is 99.5 Å². The first-order valence-corrected chi connectivity index (χ1v) is 12.1. The van der Waals surface area contributed by atoms with E-state index in [1.165, 1.54) is 16.9 Å². The molecule has 0 saturated carbocycles. The molecule has 8 heteroatoms. The van der Waals surface area contributed by atoms with Crippen LogP contribution in [0, 0.1) is 3.95 Å². The number of nitrogens with one attached hydrogen (secondary N) is 1. The number of amides is 1. The van der Waals surface area contributed by atoms with Gasteiger partial charge in [-0.15, -0.1) is 5.10 Å². The lowest BCUT2D eigenvalue weighted by Gasteiger charge is -2.07. The molecule has 0 unspecified atom stereocenters. The lowest BCUT2D eigenvalue weighted by molar-refractivity contribution is 0.0951. The average Bonchev–Trinajstić information content (AvgIpc) is 3.22. The van der Waals surface area contributed by atoms with Gasteiger partial charge in [0.15, 0.2) is 8.29 Å². The molecule has 5 nitrogen and oxygen atoms in total. The van der Waals surface area contributed by atoms with Crippen molar-refractivity contribution >= 4 is 41.2 Å². The Hall–Kier alpha value is -2.94. The summed E-state index contributed by atoms with van der Waals surface area (Å²) in [6.45, 7) is 0.448. The predicted octanol–water partition coefficient (Wildman–Crippen LogP) is 5.89. The van der Waals surface area contributed by atoms with E-state index in [-0.39, 0.29) is 5.91 Å². The fourth-order valence-electron chi connectivity index (χ4n) is 2.98. The van der Waals surface area contributed by atoms with Crippen LogP contribution < -0.4 is 10.1 Å². The number of ether oxygens (including phenoxy) is 1. The second-order valence-corrected chi connectivity index (χ2v) is 9.74. The zero-order valence-electron chi connectivity index (χ0n) is 17.4. The van der Waals surface area contributed by atoms with Gasteiger partial charge < -0.3 is 10.1 Å². The van der Waals surface area contributed by atoms with E-state index in [2.05, 4.69) is 22.5 Å². The van der Waals surface area contributed by atoms with Crippen molar-refractivity contribution < 1.29 is 9.53 Å². The maximum Gasteiger partial charge on any atom is 0.251 e. The molecular weight excluding hydrogens is 458 g/mol. The van der Waals surface area contributed by atoms with Crippen LogP contribution in [0.4, 0.5) is 0 Å². The van der Waals surface area contributed by atoms with Crippen LogP contribution in [0.5, 0.6) is 5.75 Å². The van der Waals surface area contributed by atoms with Crippen molar-refractivity contribution in [2.45, 2.75) is 16.6 Å². The minimum atomic E-state index is -0.131. The fourth-order valence-corrected chi connectivity index (χ4v) is 5.30. The van der Waals surface area contributed by atoms with Gasteiger partial charge in [-0.1, -0.05) is 65.6 Å². The van der Waals surface area contributed by atoms with Crippen molar-refractivity contribution in [2.75, 3.05) is 7.11 Å². The number of hydrogen-bond donors (Lipinski definition) is 1. The van der Waals surface area contributed by atoms with Gasteiger partial charge in [-0.3, -0.25) is 4.79 Å². The highest BCUT2D eigenvalue weighted by molar-refractivity contribution is 8.00. The van der Waals surface area contributed by atoms with Gasteiger partial charge in [-0.25, -0.2) is 4.68 Å². The van der Waals surface area contributed by atoms with Crippen molar-refractivity contribution in [3.8, 4) is 11.4 Å². The summed E-state index contributed by atoms with van der Waals surface area (Å²) in [5.41, 5.74) is 3.67. The van der Waals surface area contributed by atoms with E-state index >= 15 is 0 Å². The summed E-state index contributed by atoms with van der Waals surface area (Å²) >= 11 is 8.66. The largest absolute Gasteiger partial charge is 0.497 e. The summed E-state index contributed by atoms with van der Waals surface area (Å²) in [4.78, 5) is 12.5. The third-order valence-electron chi connectivity index (χ3n) is 4.72. The lowest BCUT2D eigenvalue weighted by atomic mass is 10.1. The molecule has 4 rings (SSSR count). The van der Waals surface area contributed by atoms with Crippen LogP contribution in [0.25, 0.3) is 5.69 Å². The van der Waals surface area contributed by atoms with E-state index < -0.39 is 0 Å². The van der Waals surface area contributed by atoms with Crippen LogP contribution in [0.2, 0.25) is 0 Å². The molecule has 1 N–H and O–H groups in total. The smallest absolute Gasteiger partial charge is 0.251 e. The standard InChI is InChI=1S/C24H21N3O2S3/c1-29-21-13-7-17(8-14-21)15-25-22(28)19-9-11-20(12-10-19)27-24(30)32-23(26-27)31-16-18-5-3-2-4-6-18/h2-14H,15-16H2,1H3,(H,25,28). The summed E-state index contributed by atoms with van der Waals surface area (Å²) < 4.78 is 8.49. The molecule has 1 aromatic heterocycles. The summed E-state index contributed by atoms with van der Waals surface area (Å²) in [6, 6.07) is 25.2. The molecule has 0 saturated heterocycles. The number of aromatic nitrogens is 2. The van der Waals surface area contributed by atoms with Crippen molar-refractivity contribution in [2.24, 2.45) is 0 Å². The molecule has 0 radical (unpaired) electrons. The van der Waals surface area contributed by atoms with E-state index in [0.717, 1.165) is 27.1 Å². The minimum Gasteiger partial charge on any atom is -0.497 e. The highest BCUT2D eigenvalue weighted by Gasteiger charge is 2.09. The van der Waals surface area contributed by atoms with E-state index in [0.29, 0.717) is 16.1 Å². The quantitative estimate of drug-likeness (QED) is 0.252.